The van der Waals surface area contributed by atoms with E-state index < -0.39 is 11.6 Å². The van der Waals surface area contributed by atoms with Crippen LogP contribution in [-0.4, -0.2) is 31.0 Å². The number of carbonyl (C=O) groups is 1. The number of amides is 1. The van der Waals surface area contributed by atoms with E-state index in [1.54, 1.807) is 7.05 Å². The second-order valence-corrected chi connectivity index (χ2v) is 6.12. The number of fused-ring (bicyclic) bond motifs is 1. The van der Waals surface area contributed by atoms with Crippen LogP contribution in [-0.2, 0) is 4.79 Å². The Hall–Kier alpha value is -1.76. The number of benzene rings is 1. The fourth-order valence-electron chi connectivity index (χ4n) is 2.62. The van der Waals surface area contributed by atoms with Crippen molar-refractivity contribution in [1.82, 2.24) is 10.3 Å². The van der Waals surface area contributed by atoms with Crippen molar-refractivity contribution < 1.29 is 13.6 Å². The molecule has 0 spiro atoms. The smallest absolute Gasteiger partial charge is 0.222 e. The first-order valence-corrected chi connectivity index (χ1v) is 7.62. The first-order chi connectivity index (χ1) is 10.1. The highest BCUT2D eigenvalue weighted by atomic mass is 32.1. The van der Waals surface area contributed by atoms with E-state index in [0.29, 0.717) is 22.9 Å². The molecule has 0 bridgehead atoms. The van der Waals surface area contributed by atoms with E-state index in [9.17, 15) is 13.6 Å². The van der Waals surface area contributed by atoms with Gasteiger partial charge in [0.2, 0.25) is 5.91 Å². The minimum atomic E-state index is -0.632. The lowest BCUT2D eigenvalue weighted by Gasteiger charge is -2.30. The fraction of sp³-hybridized carbons (Fsp3) is 0.429. The zero-order valence-electron chi connectivity index (χ0n) is 11.5. The summed E-state index contributed by atoms with van der Waals surface area (Å²) in [4.78, 5) is 17.9. The normalized spacial score (nSPS) is 16.4. The Morgan fingerprint density at radius 1 is 1.38 bits per heavy atom. The van der Waals surface area contributed by atoms with Crippen molar-refractivity contribution in [2.45, 2.75) is 12.8 Å². The van der Waals surface area contributed by atoms with Crippen LogP contribution in [0.15, 0.2) is 12.1 Å². The van der Waals surface area contributed by atoms with Crippen molar-refractivity contribution in [3.05, 3.63) is 23.8 Å². The van der Waals surface area contributed by atoms with Crippen molar-refractivity contribution in [2.75, 3.05) is 25.0 Å². The summed E-state index contributed by atoms with van der Waals surface area (Å²) in [5, 5.41) is 3.35. The summed E-state index contributed by atoms with van der Waals surface area (Å²) in [6, 6.07) is 2.15. The number of aromatic nitrogens is 1. The van der Waals surface area contributed by atoms with Gasteiger partial charge < -0.3 is 10.2 Å². The molecule has 7 heteroatoms. The molecule has 1 aromatic carbocycles. The zero-order valence-corrected chi connectivity index (χ0v) is 12.3. The molecule has 112 valence electrons. The van der Waals surface area contributed by atoms with Gasteiger partial charge in [-0.15, -0.1) is 0 Å². The Bertz CT molecular complexity index is 680. The molecule has 3 rings (SSSR count). The third kappa shape index (κ3) is 2.70. The van der Waals surface area contributed by atoms with Crippen molar-refractivity contribution in [2.24, 2.45) is 5.92 Å². The summed E-state index contributed by atoms with van der Waals surface area (Å²) in [6.45, 7) is 1.39. The zero-order chi connectivity index (χ0) is 15.0. The topological polar surface area (TPSA) is 45.2 Å². The number of hydrogen-bond donors (Lipinski definition) is 1. The minimum absolute atomic E-state index is 0.0230. The Balaban J connectivity index is 1.80. The number of carbonyl (C=O) groups excluding carboxylic acids is 1. The van der Waals surface area contributed by atoms with Gasteiger partial charge in [-0.3, -0.25) is 4.79 Å². The maximum atomic E-state index is 13.7. The van der Waals surface area contributed by atoms with Crippen LogP contribution in [0.2, 0.25) is 0 Å². The standard InChI is InChI=1S/C14H15F2N3OS/c1-17-13(20)8-2-4-19(5-3-8)14-18-12-10(16)6-9(15)7-11(12)21-14/h6-8H,2-5H2,1H3,(H,17,20). The summed E-state index contributed by atoms with van der Waals surface area (Å²) in [5.74, 6) is -1.14. The third-order valence-corrected chi connectivity index (χ3v) is 4.85. The summed E-state index contributed by atoms with van der Waals surface area (Å²) < 4.78 is 27.4. The first-order valence-electron chi connectivity index (χ1n) is 6.80. The molecular weight excluding hydrogens is 296 g/mol. The molecule has 0 saturated carbocycles. The molecule has 21 heavy (non-hydrogen) atoms. The maximum absolute atomic E-state index is 13.7. The van der Waals surface area contributed by atoms with Gasteiger partial charge in [-0.2, -0.15) is 0 Å². The van der Waals surface area contributed by atoms with E-state index in [-0.39, 0.29) is 17.3 Å². The molecule has 1 aliphatic heterocycles. The van der Waals surface area contributed by atoms with E-state index >= 15 is 0 Å². The second-order valence-electron chi connectivity index (χ2n) is 5.11. The van der Waals surface area contributed by atoms with Gasteiger partial charge in [-0.25, -0.2) is 13.8 Å². The molecule has 1 saturated heterocycles. The number of nitrogens with zero attached hydrogens (tertiary/aromatic N) is 2. The number of nitrogens with one attached hydrogen (secondary N) is 1. The van der Waals surface area contributed by atoms with Gasteiger partial charge in [0.15, 0.2) is 10.9 Å². The number of halogens is 2. The van der Waals surface area contributed by atoms with E-state index in [0.717, 1.165) is 18.9 Å². The van der Waals surface area contributed by atoms with Crippen LogP contribution in [0.3, 0.4) is 0 Å². The van der Waals surface area contributed by atoms with Gasteiger partial charge in [-0.1, -0.05) is 11.3 Å². The van der Waals surface area contributed by atoms with Crippen molar-refractivity contribution in [3.63, 3.8) is 0 Å². The number of anilines is 1. The highest BCUT2D eigenvalue weighted by Gasteiger charge is 2.26. The van der Waals surface area contributed by atoms with E-state index in [1.165, 1.54) is 17.4 Å². The van der Waals surface area contributed by atoms with Gasteiger partial charge in [0.05, 0.1) is 4.70 Å². The molecule has 2 aromatic rings. The Labute approximate surface area is 124 Å². The van der Waals surface area contributed by atoms with Crippen LogP contribution < -0.4 is 10.2 Å². The highest BCUT2D eigenvalue weighted by Crippen LogP contribution is 2.33. The van der Waals surface area contributed by atoms with E-state index in [1.807, 2.05) is 4.90 Å². The third-order valence-electron chi connectivity index (χ3n) is 3.78. The predicted octanol–water partition coefficient (Wildman–Crippen LogP) is 2.54. The first kappa shape index (κ1) is 14.2. The number of hydrogen-bond acceptors (Lipinski definition) is 4. The molecule has 2 heterocycles. The van der Waals surface area contributed by atoms with Crippen LogP contribution in [0, 0.1) is 17.6 Å². The van der Waals surface area contributed by atoms with Crippen molar-refractivity contribution in [1.29, 1.82) is 0 Å². The Morgan fingerprint density at radius 3 is 2.76 bits per heavy atom. The monoisotopic (exact) mass is 311 g/mol. The summed E-state index contributed by atoms with van der Waals surface area (Å²) in [6.07, 6.45) is 1.49. The van der Waals surface area contributed by atoms with E-state index in [2.05, 4.69) is 10.3 Å². The largest absolute Gasteiger partial charge is 0.359 e. The number of piperidine rings is 1. The van der Waals surface area contributed by atoms with Gasteiger partial charge in [-0.05, 0) is 18.9 Å². The lowest BCUT2D eigenvalue weighted by molar-refractivity contribution is -0.125. The Kier molecular flexibility index (Phi) is 3.75. The quantitative estimate of drug-likeness (QED) is 0.927. The van der Waals surface area contributed by atoms with Crippen molar-refractivity contribution in [3.8, 4) is 0 Å². The molecule has 1 N–H and O–H groups in total. The SMILES string of the molecule is CNC(=O)C1CCN(c2nc3c(F)cc(F)cc3s2)CC1. The molecule has 1 aliphatic rings. The fourth-order valence-corrected chi connectivity index (χ4v) is 3.67. The second kappa shape index (κ2) is 5.55. The molecule has 0 radical (unpaired) electrons. The van der Waals surface area contributed by atoms with Gasteiger partial charge in [0.25, 0.3) is 0 Å². The summed E-state index contributed by atoms with van der Waals surface area (Å²) in [5.41, 5.74) is 0.213. The predicted molar refractivity (Wildman–Crippen MR) is 78.5 cm³/mol. The van der Waals surface area contributed by atoms with Crippen LogP contribution in [0.1, 0.15) is 12.8 Å². The molecule has 0 aliphatic carbocycles. The van der Waals surface area contributed by atoms with Crippen molar-refractivity contribution >= 4 is 32.6 Å². The molecule has 0 unspecified atom stereocenters. The van der Waals surface area contributed by atoms with Crippen LogP contribution in [0.25, 0.3) is 10.2 Å². The van der Waals surface area contributed by atoms with Gasteiger partial charge in [0.1, 0.15) is 11.3 Å². The maximum Gasteiger partial charge on any atom is 0.222 e. The summed E-state index contributed by atoms with van der Waals surface area (Å²) in [7, 11) is 1.64. The minimum Gasteiger partial charge on any atom is -0.359 e. The Morgan fingerprint density at radius 2 is 2.10 bits per heavy atom. The van der Waals surface area contributed by atoms with Crippen LogP contribution in [0.4, 0.5) is 13.9 Å². The molecule has 0 atom stereocenters. The molecule has 4 nitrogen and oxygen atoms in total. The number of thiazole rings is 1. The highest BCUT2D eigenvalue weighted by molar-refractivity contribution is 7.22. The lowest BCUT2D eigenvalue weighted by atomic mass is 9.96. The molecule has 1 fully saturated rings. The summed E-state index contributed by atoms with van der Waals surface area (Å²) >= 11 is 1.28. The van der Waals surface area contributed by atoms with Crippen LogP contribution >= 0.6 is 11.3 Å². The lowest BCUT2D eigenvalue weighted by Crippen LogP contribution is -2.39. The van der Waals surface area contributed by atoms with E-state index in [4.69, 9.17) is 0 Å². The molecule has 1 amide bonds. The average molecular weight is 311 g/mol. The number of rotatable bonds is 2. The van der Waals surface area contributed by atoms with Gasteiger partial charge >= 0.3 is 0 Å². The van der Waals surface area contributed by atoms with Gasteiger partial charge in [0, 0.05) is 32.1 Å². The van der Waals surface area contributed by atoms with Crippen LogP contribution in [0.5, 0.6) is 0 Å². The molecule has 1 aromatic heterocycles. The molecular formula is C14H15F2N3OS. The average Bonchev–Trinajstić information content (AvgIpc) is 2.91.